The molecule has 2 aromatic rings. The monoisotopic (exact) mass is 267 g/mol. The molecule has 1 heterocycles. The van der Waals surface area contributed by atoms with Crippen LogP contribution in [0.2, 0.25) is 0 Å². The summed E-state index contributed by atoms with van der Waals surface area (Å²) in [5.74, 6) is 0. The van der Waals surface area contributed by atoms with Gasteiger partial charge >= 0.3 is 0 Å². The van der Waals surface area contributed by atoms with E-state index in [-0.39, 0.29) is 0 Å². The molecule has 1 nitrogen and oxygen atoms in total. The zero-order chi connectivity index (χ0) is 9.97. The molecule has 0 radical (unpaired) electrons. The molecule has 0 saturated carbocycles. The van der Waals surface area contributed by atoms with Gasteiger partial charge < -0.3 is 0 Å². The first-order valence-electron chi connectivity index (χ1n) is 4.49. The number of thiazole rings is 1. The number of hydrogen-bond acceptors (Lipinski definition) is 2. The molecular weight excluding hydrogens is 258 g/mol. The maximum atomic E-state index is 4.39. The minimum absolute atomic E-state index is 1.05. The summed E-state index contributed by atoms with van der Waals surface area (Å²) in [7, 11) is 0. The van der Waals surface area contributed by atoms with Gasteiger partial charge in [0.05, 0.1) is 11.2 Å². The van der Waals surface area contributed by atoms with E-state index in [9.17, 15) is 0 Å². The molecule has 0 aliphatic rings. The molecule has 72 valence electrons. The Balaban J connectivity index is 2.44. The summed E-state index contributed by atoms with van der Waals surface area (Å²) in [5.41, 5.74) is 4.24. The SMILES string of the molecule is CCc1scnc1-c1ccc(Br)cc1. The maximum Gasteiger partial charge on any atom is 0.0843 e. The smallest absolute Gasteiger partial charge is 0.0843 e. The molecule has 0 saturated heterocycles. The second-order valence-electron chi connectivity index (χ2n) is 2.98. The van der Waals surface area contributed by atoms with Crippen molar-refractivity contribution in [2.75, 3.05) is 0 Å². The van der Waals surface area contributed by atoms with Gasteiger partial charge in [0, 0.05) is 14.9 Å². The van der Waals surface area contributed by atoms with E-state index in [0.717, 1.165) is 16.6 Å². The highest BCUT2D eigenvalue weighted by atomic mass is 79.9. The van der Waals surface area contributed by atoms with Crippen LogP contribution in [0.15, 0.2) is 34.2 Å². The third-order valence-corrected chi connectivity index (χ3v) is 3.59. The van der Waals surface area contributed by atoms with Crippen molar-refractivity contribution in [3.8, 4) is 11.3 Å². The Morgan fingerprint density at radius 2 is 2.00 bits per heavy atom. The van der Waals surface area contributed by atoms with Gasteiger partial charge in [0.2, 0.25) is 0 Å². The van der Waals surface area contributed by atoms with E-state index in [1.54, 1.807) is 11.3 Å². The fourth-order valence-corrected chi connectivity index (χ4v) is 2.36. The van der Waals surface area contributed by atoms with E-state index < -0.39 is 0 Å². The first-order valence-corrected chi connectivity index (χ1v) is 6.17. The first-order chi connectivity index (χ1) is 6.81. The largest absolute Gasteiger partial charge is 0.244 e. The lowest BCUT2D eigenvalue weighted by atomic mass is 10.1. The highest BCUT2D eigenvalue weighted by molar-refractivity contribution is 9.10. The van der Waals surface area contributed by atoms with Crippen LogP contribution in [0.4, 0.5) is 0 Å². The molecule has 0 N–H and O–H groups in total. The Morgan fingerprint density at radius 3 is 2.64 bits per heavy atom. The van der Waals surface area contributed by atoms with Crippen LogP contribution < -0.4 is 0 Å². The first kappa shape index (κ1) is 9.87. The summed E-state index contributed by atoms with van der Waals surface area (Å²) >= 11 is 5.15. The minimum atomic E-state index is 1.05. The van der Waals surface area contributed by atoms with Gasteiger partial charge in [0.1, 0.15) is 0 Å². The third-order valence-electron chi connectivity index (χ3n) is 2.08. The van der Waals surface area contributed by atoms with Gasteiger partial charge in [-0.2, -0.15) is 0 Å². The number of aryl methyl sites for hydroxylation is 1. The molecule has 0 aliphatic carbocycles. The van der Waals surface area contributed by atoms with Gasteiger partial charge in [-0.1, -0.05) is 35.0 Å². The molecule has 0 amide bonds. The number of halogens is 1. The van der Waals surface area contributed by atoms with Crippen molar-refractivity contribution in [1.82, 2.24) is 4.98 Å². The molecule has 0 bridgehead atoms. The predicted octanol–water partition coefficient (Wildman–Crippen LogP) is 4.14. The van der Waals surface area contributed by atoms with Crippen molar-refractivity contribution in [1.29, 1.82) is 0 Å². The van der Waals surface area contributed by atoms with Gasteiger partial charge in [0.15, 0.2) is 0 Å². The van der Waals surface area contributed by atoms with Crippen LogP contribution >= 0.6 is 27.3 Å². The van der Waals surface area contributed by atoms with E-state index in [1.807, 2.05) is 17.6 Å². The van der Waals surface area contributed by atoms with Crippen LogP contribution in [0.3, 0.4) is 0 Å². The maximum absolute atomic E-state index is 4.39. The van der Waals surface area contributed by atoms with Gasteiger partial charge in [0.25, 0.3) is 0 Å². The predicted molar refractivity (Wildman–Crippen MR) is 64.6 cm³/mol. The molecule has 2 rings (SSSR count). The number of benzene rings is 1. The Bertz CT molecular complexity index is 419. The van der Waals surface area contributed by atoms with E-state index in [1.165, 1.54) is 10.4 Å². The standard InChI is InChI=1S/C11H10BrNS/c1-2-10-11(13-7-14-10)8-3-5-9(12)6-4-8/h3-7H,2H2,1H3. The minimum Gasteiger partial charge on any atom is -0.244 e. The van der Waals surface area contributed by atoms with E-state index in [2.05, 4.69) is 40.0 Å². The number of hydrogen-bond donors (Lipinski definition) is 0. The van der Waals surface area contributed by atoms with Gasteiger partial charge in [-0.15, -0.1) is 11.3 Å². The number of rotatable bonds is 2. The fourth-order valence-electron chi connectivity index (χ4n) is 1.36. The van der Waals surface area contributed by atoms with Crippen LogP contribution in [-0.2, 0) is 6.42 Å². The summed E-state index contributed by atoms with van der Waals surface area (Å²) in [5, 5.41) is 0. The van der Waals surface area contributed by atoms with Crippen molar-refractivity contribution in [2.24, 2.45) is 0 Å². The highest BCUT2D eigenvalue weighted by Crippen LogP contribution is 2.26. The van der Waals surface area contributed by atoms with E-state index >= 15 is 0 Å². The van der Waals surface area contributed by atoms with Crippen LogP contribution in [0.5, 0.6) is 0 Å². The molecule has 0 atom stereocenters. The summed E-state index contributed by atoms with van der Waals surface area (Å²) in [6, 6.07) is 8.29. The summed E-state index contributed by atoms with van der Waals surface area (Å²) < 4.78 is 1.11. The average Bonchev–Trinajstić information content (AvgIpc) is 2.67. The topological polar surface area (TPSA) is 12.9 Å². The van der Waals surface area contributed by atoms with Crippen molar-refractivity contribution < 1.29 is 0 Å². The molecule has 1 aromatic carbocycles. The molecule has 3 heteroatoms. The van der Waals surface area contributed by atoms with Crippen LogP contribution in [0, 0.1) is 0 Å². The second-order valence-corrected chi connectivity index (χ2v) is 4.84. The summed E-state index contributed by atoms with van der Waals surface area (Å²) in [4.78, 5) is 5.74. The van der Waals surface area contributed by atoms with Crippen LogP contribution in [0.25, 0.3) is 11.3 Å². The Labute approximate surface area is 95.9 Å². The molecule has 1 aromatic heterocycles. The Hall–Kier alpha value is -0.670. The summed E-state index contributed by atoms with van der Waals surface area (Å²) in [6.45, 7) is 2.16. The van der Waals surface area contributed by atoms with E-state index in [4.69, 9.17) is 0 Å². The van der Waals surface area contributed by atoms with Crippen molar-refractivity contribution >= 4 is 27.3 Å². The number of nitrogens with zero attached hydrogens (tertiary/aromatic N) is 1. The van der Waals surface area contributed by atoms with Gasteiger partial charge in [-0.05, 0) is 18.6 Å². The molecule has 0 aliphatic heterocycles. The fraction of sp³-hybridized carbons (Fsp3) is 0.182. The highest BCUT2D eigenvalue weighted by Gasteiger charge is 2.05. The Kier molecular flexibility index (Phi) is 2.99. The normalized spacial score (nSPS) is 10.4. The molecule has 14 heavy (non-hydrogen) atoms. The molecular formula is C11H10BrNS. The van der Waals surface area contributed by atoms with Crippen molar-refractivity contribution in [3.05, 3.63) is 39.1 Å². The second kappa shape index (κ2) is 4.24. The lowest BCUT2D eigenvalue weighted by molar-refractivity contribution is 1.17. The lowest BCUT2D eigenvalue weighted by Gasteiger charge is -1.99. The quantitative estimate of drug-likeness (QED) is 0.797. The Morgan fingerprint density at radius 1 is 1.29 bits per heavy atom. The van der Waals surface area contributed by atoms with Crippen molar-refractivity contribution in [2.45, 2.75) is 13.3 Å². The summed E-state index contributed by atoms with van der Waals surface area (Å²) in [6.07, 6.45) is 1.05. The average molecular weight is 268 g/mol. The van der Waals surface area contributed by atoms with Crippen LogP contribution in [-0.4, -0.2) is 4.98 Å². The molecule has 0 spiro atoms. The third kappa shape index (κ3) is 1.88. The zero-order valence-corrected chi connectivity index (χ0v) is 10.2. The lowest BCUT2D eigenvalue weighted by Crippen LogP contribution is -1.82. The van der Waals surface area contributed by atoms with Gasteiger partial charge in [-0.25, -0.2) is 4.98 Å². The number of aromatic nitrogens is 1. The molecule has 0 fully saturated rings. The van der Waals surface area contributed by atoms with Crippen molar-refractivity contribution in [3.63, 3.8) is 0 Å². The zero-order valence-electron chi connectivity index (χ0n) is 7.83. The molecule has 0 unspecified atom stereocenters. The van der Waals surface area contributed by atoms with Crippen LogP contribution in [0.1, 0.15) is 11.8 Å². The van der Waals surface area contributed by atoms with E-state index in [0.29, 0.717) is 0 Å². The van der Waals surface area contributed by atoms with Gasteiger partial charge in [-0.3, -0.25) is 0 Å².